The lowest BCUT2D eigenvalue weighted by molar-refractivity contribution is 0.600. The number of hydrogen-bond donors (Lipinski definition) is 1. The van der Waals surface area contributed by atoms with Crippen molar-refractivity contribution in [2.45, 2.75) is 25.2 Å². The summed E-state index contributed by atoms with van der Waals surface area (Å²) in [5, 5.41) is 4.71. The zero-order valence-electron chi connectivity index (χ0n) is 10.3. The van der Waals surface area contributed by atoms with Crippen molar-refractivity contribution in [1.29, 1.82) is 0 Å². The highest BCUT2D eigenvalue weighted by molar-refractivity contribution is 5.43. The average molecular weight is 239 g/mol. The van der Waals surface area contributed by atoms with E-state index in [0.717, 1.165) is 23.3 Å². The van der Waals surface area contributed by atoms with Gasteiger partial charge in [0, 0.05) is 12.0 Å². The lowest BCUT2D eigenvalue weighted by Crippen LogP contribution is -2.02. The van der Waals surface area contributed by atoms with Crippen LogP contribution in [0, 0.1) is 11.8 Å². The van der Waals surface area contributed by atoms with Gasteiger partial charge in [0.15, 0.2) is 0 Å². The molecule has 0 saturated heterocycles. The number of para-hydroxylation sites is 1. The van der Waals surface area contributed by atoms with Gasteiger partial charge in [-0.3, -0.25) is 0 Å². The summed E-state index contributed by atoms with van der Waals surface area (Å²) >= 11 is 0. The van der Waals surface area contributed by atoms with Gasteiger partial charge in [-0.2, -0.15) is 5.10 Å². The topological polar surface area (TPSA) is 43.8 Å². The van der Waals surface area contributed by atoms with Crippen LogP contribution >= 0.6 is 0 Å². The van der Waals surface area contributed by atoms with Crippen LogP contribution in [0.3, 0.4) is 0 Å². The van der Waals surface area contributed by atoms with E-state index in [-0.39, 0.29) is 0 Å². The number of nitrogens with two attached hydrogens (primary N) is 1. The molecular weight excluding hydrogens is 222 g/mol. The van der Waals surface area contributed by atoms with Crippen molar-refractivity contribution in [3.05, 3.63) is 42.1 Å². The van der Waals surface area contributed by atoms with Crippen LogP contribution in [0.1, 0.15) is 30.9 Å². The average Bonchev–Trinajstić information content (AvgIpc) is 2.85. The molecule has 4 rings (SSSR count). The van der Waals surface area contributed by atoms with Crippen molar-refractivity contribution in [1.82, 2.24) is 9.78 Å². The summed E-state index contributed by atoms with van der Waals surface area (Å²) in [5.74, 6) is 3.36. The monoisotopic (exact) mass is 239 g/mol. The van der Waals surface area contributed by atoms with E-state index in [2.05, 4.69) is 6.07 Å². The minimum Gasteiger partial charge on any atom is -0.384 e. The van der Waals surface area contributed by atoms with Crippen molar-refractivity contribution >= 4 is 5.82 Å². The predicted molar refractivity (Wildman–Crippen MR) is 71.5 cm³/mol. The molecule has 0 radical (unpaired) electrons. The standard InChI is InChI=1S/C15H17N3/c16-15-9-14(12-7-10-6-11(10)8-12)17-18(15)13-4-2-1-3-5-13/h1-5,9-12H,6-8,16H2. The van der Waals surface area contributed by atoms with Crippen LogP contribution < -0.4 is 5.73 Å². The van der Waals surface area contributed by atoms with E-state index < -0.39 is 0 Å². The predicted octanol–water partition coefficient (Wildman–Crippen LogP) is 2.97. The molecule has 2 saturated carbocycles. The third kappa shape index (κ3) is 1.54. The Morgan fingerprint density at radius 2 is 1.78 bits per heavy atom. The zero-order valence-corrected chi connectivity index (χ0v) is 10.3. The summed E-state index contributed by atoms with van der Waals surface area (Å²) < 4.78 is 1.86. The van der Waals surface area contributed by atoms with Gasteiger partial charge >= 0.3 is 0 Å². The molecule has 2 aliphatic carbocycles. The summed E-state index contributed by atoms with van der Waals surface area (Å²) in [6, 6.07) is 12.2. The first-order chi connectivity index (χ1) is 8.81. The Kier molecular flexibility index (Phi) is 2.04. The van der Waals surface area contributed by atoms with Crippen molar-refractivity contribution in [2.24, 2.45) is 11.8 Å². The molecule has 1 heterocycles. The minimum absolute atomic E-state index is 0.640. The molecule has 0 bridgehead atoms. The SMILES string of the molecule is Nc1cc(C2CC3CC3C2)nn1-c1ccccc1. The van der Waals surface area contributed by atoms with Crippen molar-refractivity contribution < 1.29 is 0 Å². The fourth-order valence-electron chi connectivity index (χ4n) is 3.35. The second-order valence-corrected chi connectivity index (χ2v) is 5.67. The van der Waals surface area contributed by atoms with Gasteiger partial charge in [-0.15, -0.1) is 0 Å². The number of aromatic nitrogens is 2. The number of hydrogen-bond acceptors (Lipinski definition) is 2. The molecule has 3 nitrogen and oxygen atoms in total. The first kappa shape index (κ1) is 10.2. The lowest BCUT2D eigenvalue weighted by Gasteiger charge is -2.07. The summed E-state index contributed by atoms with van der Waals surface area (Å²) in [6.45, 7) is 0. The van der Waals surface area contributed by atoms with Gasteiger partial charge in [-0.25, -0.2) is 4.68 Å². The van der Waals surface area contributed by atoms with E-state index in [1.807, 2.05) is 35.0 Å². The number of rotatable bonds is 2. The Morgan fingerprint density at radius 1 is 1.06 bits per heavy atom. The second kappa shape index (κ2) is 3.61. The molecule has 1 aromatic carbocycles. The summed E-state index contributed by atoms with van der Waals surface area (Å²) in [7, 11) is 0. The molecular formula is C15H17N3. The molecule has 2 aromatic rings. The largest absolute Gasteiger partial charge is 0.384 e. The molecule has 2 fully saturated rings. The van der Waals surface area contributed by atoms with Crippen LogP contribution in [0.4, 0.5) is 5.82 Å². The molecule has 18 heavy (non-hydrogen) atoms. The molecule has 2 atom stereocenters. The van der Waals surface area contributed by atoms with Gasteiger partial charge in [0.25, 0.3) is 0 Å². The minimum atomic E-state index is 0.640. The number of nitrogens with zero attached hydrogens (tertiary/aromatic N) is 2. The van der Waals surface area contributed by atoms with Crippen molar-refractivity contribution in [3.8, 4) is 5.69 Å². The molecule has 0 spiro atoms. The number of benzene rings is 1. The summed E-state index contributed by atoms with van der Waals surface area (Å²) in [6.07, 6.45) is 4.08. The van der Waals surface area contributed by atoms with Crippen LogP contribution in [0.15, 0.2) is 36.4 Å². The maximum atomic E-state index is 6.09. The van der Waals surface area contributed by atoms with Gasteiger partial charge in [-0.05, 0) is 43.2 Å². The van der Waals surface area contributed by atoms with Gasteiger partial charge in [-0.1, -0.05) is 18.2 Å². The van der Waals surface area contributed by atoms with E-state index in [1.54, 1.807) is 0 Å². The van der Waals surface area contributed by atoms with E-state index in [0.29, 0.717) is 5.92 Å². The number of anilines is 1. The third-order valence-electron chi connectivity index (χ3n) is 4.42. The van der Waals surface area contributed by atoms with Gasteiger partial charge in [0.05, 0.1) is 11.4 Å². The van der Waals surface area contributed by atoms with Crippen LogP contribution in [0.5, 0.6) is 0 Å². The molecule has 2 N–H and O–H groups in total. The highest BCUT2D eigenvalue weighted by atomic mass is 15.3. The molecule has 0 aliphatic heterocycles. The molecule has 1 aromatic heterocycles. The third-order valence-corrected chi connectivity index (χ3v) is 4.42. The Morgan fingerprint density at radius 3 is 2.50 bits per heavy atom. The first-order valence-corrected chi connectivity index (χ1v) is 6.72. The van der Waals surface area contributed by atoms with Gasteiger partial charge in [0.1, 0.15) is 5.82 Å². The Bertz CT molecular complexity index is 563. The van der Waals surface area contributed by atoms with E-state index >= 15 is 0 Å². The summed E-state index contributed by atoms with van der Waals surface area (Å²) in [4.78, 5) is 0. The Balaban J connectivity index is 1.67. The Labute approximate surface area is 107 Å². The Hall–Kier alpha value is -1.77. The van der Waals surface area contributed by atoms with Gasteiger partial charge in [0.2, 0.25) is 0 Å². The number of nitrogen functional groups attached to an aromatic ring is 1. The maximum Gasteiger partial charge on any atom is 0.127 e. The highest BCUT2D eigenvalue weighted by Gasteiger charge is 2.46. The zero-order chi connectivity index (χ0) is 12.1. The summed E-state index contributed by atoms with van der Waals surface area (Å²) in [5.41, 5.74) is 8.32. The van der Waals surface area contributed by atoms with E-state index in [9.17, 15) is 0 Å². The highest BCUT2D eigenvalue weighted by Crippen LogP contribution is 2.57. The van der Waals surface area contributed by atoms with Crippen molar-refractivity contribution in [3.63, 3.8) is 0 Å². The second-order valence-electron chi connectivity index (χ2n) is 5.67. The quantitative estimate of drug-likeness (QED) is 0.875. The van der Waals surface area contributed by atoms with Crippen LogP contribution in [0.2, 0.25) is 0 Å². The maximum absolute atomic E-state index is 6.09. The van der Waals surface area contributed by atoms with Crippen molar-refractivity contribution in [2.75, 3.05) is 5.73 Å². The molecule has 92 valence electrons. The molecule has 3 heteroatoms. The van der Waals surface area contributed by atoms with E-state index in [1.165, 1.54) is 25.0 Å². The smallest absolute Gasteiger partial charge is 0.127 e. The lowest BCUT2D eigenvalue weighted by atomic mass is 10.00. The molecule has 2 aliphatic rings. The van der Waals surface area contributed by atoms with Crippen LogP contribution in [0.25, 0.3) is 5.69 Å². The van der Waals surface area contributed by atoms with E-state index in [4.69, 9.17) is 10.8 Å². The fourth-order valence-corrected chi connectivity index (χ4v) is 3.35. The van der Waals surface area contributed by atoms with Crippen LogP contribution in [-0.2, 0) is 0 Å². The molecule has 0 amide bonds. The van der Waals surface area contributed by atoms with Crippen LogP contribution in [-0.4, -0.2) is 9.78 Å². The normalized spacial score (nSPS) is 29.2. The fraction of sp³-hybridized carbons (Fsp3) is 0.400. The first-order valence-electron chi connectivity index (χ1n) is 6.72. The van der Waals surface area contributed by atoms with Gasteiger partial charge < -0.3 is 5.73 Å². The molecule has 2 unspecified atom stereocenters. The number of fused-ring (bicyclic) bond motifs is 1.